The maximum Gasteiger partial charge on any atom is 0.233 e. The number of nitrogens with one attached hydrogen (secondary N) is 1. The topological polar surface area (TPSA) is 37.4 Å². The highest BCUT2D eigenvalue weighted by molar-refractivity contribution is 5.93. The number of hydrogen-bond donors (Lipinski definition) is 1. The SMILES string of the molecule is CC(C)CC1COC(c2ccc[nH]2)=N1. The molecule has 0 fully saturated rings. The van der Waals surface area contributed by atoms with Crippen LogP contribution < -0.4 is 0 Å². The third-order valence-corrected chi connectivity index (χ3v) is 2.28. The van der Waals surface area contributed by atoms with Crippen LogP contribution in [0.4, 0.5) is 0 Å². The summed E-state index contributed by atoms with van der Waals surface area (Å²) in [6.45, 7) is 5.15. The summed E-state index contributed by atoms with van der Waals surface area (Å²) < 4.78 is 5.53. The van der Waals surface area contributed by atoms with E-state index in [0.29, 0.717) is 12.0 Å². The van der Waals surface area contributed by atoms with Crippen LogP contribution in [-0.2, 0) is 4.74 Å². The van der Waals surface area contributed by atoms with Crippen LogP contribution in [0.1, 0.15) is 26.0 Å². The molecule has 1 aliphatic rings. The minimum absolute atomic E-state index is 0.341. The Kier molecular flexibility index (Phi) is 2.57. The Hall–Kier alpha value is -1.25. The maximum absolute atomic E-state index is 5.53. The van der Waals surface area contributed by atoms with Crippen molar-refractivity contribution in [2.75, 3.05) is 6.61 Å². The van der Waals surface area contributed by atoms with Gasteiger partial charge in [0.2, 0.25) is 5.90 Å². The number of rotatable bonds is 3. The van der Waals surface area contributed by atoms with E-state index in [2.05, 4.69) is 23.8 Å². The molecule has 3 heteroatoms. The number of ether oxygens (including phenoxy) is 1. The lowest BCUT2D eigenvalue weighted by molar-refractivity contribution is 0.301. The zero-order valence-electron chi connectivity index (χ0n) is 8.66. The molecule has 1 aromatic rings. The average molecular weight is 192 g/mol. The van der Waals surface area contributed by atoms with Gasteiger partial charge in [0.1, 0.15) is 12.3 Å². The summed E-state index contributed by atoms with van der Waals surface area (Å²) in [6.07, 6.45) is 2.99. The fourth-order valence-corrected chi connectivity index (χ4v) is 1.69. The largest absolute Gasteiger partial charge is 0.474 e. The van der Waals surface area contributed by atoms with Gasteiger partial charge in [0.25, 0.3) is 0 Å². The minimum atomic E-state index is 0.341. The fourth-order valence-electron chi connectivity index (χ4n) is 1.69. The third kappa shape index (κ3) is 1.97. The molecule has 0 aromatic carbocycles. The highest BCUT2D eigenvalue weighted by Gasteiger charge is 2.20. The lowest BCUT2D eigenvalue weighted by Gasteiger charge is -2.06. The number of H-pyrrole nitrogens is 1. The van der Waals surface area contributed by atoms with Gasteiger partial charge < -0.3 is 9.72 Å². The van der Waals surface area contributed by atoms with Crippen molar-refractivity contribution in [1.82, 2.24) is 4.98 Å². The zero-order valence-corrected chi connectivity index (χ0v) is 8.66. The Morgan fingerprint density at radius 2 is 2.50 bits per heavy atom. The van der Waals surface area contributed by atoms with Crippen molar-refractivity contribution in [3.8, 4) is 0 Å². The van der Waals surface area contributed by atoms with Crippen LogP contribution in [0.2, 0.25) is 0 Å². The molecule has 1 aromatic heterocycles. The number of aliphatic imine (C=N–C) groups is 1. The first kappa shape index (κ1) is 9.31. The summed E-state index contributed by atoms with van der Waals surface area (Å²) in [5.74, 6) is 1.44. The molecule has 1 N–H and O–H groups in total. The van der Waals surface area contributed by atoms with Gasteiger partial charge in [-0.25, -0.2) is 4.99 Å². The maximum atomic E-state index is 5.53. The van der Waals surface area contributed by atoms with E-state index in [0.717, 1.165) is 24.6 Å². The molecule has 1 unspecified atom stereocenters. The minimum Gasteiger partial charge on any atom is -0.474 e. The quantitative estimate of drug-likeness (QED) is 0.783. The van der Waals surface area contributed by atoms with Crippen molar-refractivity contribution in [2.24, 2.45) is 10.9 Å². The van der Waals surface area contributed by atoms with Crippen molar-refractivity contribution < 1.29 is 4.74 Å². The second kappa shape index (κ2) is 3.86. The van der Waals surface area contributed by atoms with E-state index in [-0.39, 0.29) is 0 Å². The van der Waals surface area contributed by atoms with Crippen LogP contribution in [0.3, 0.4) is 0 Å². The van der Waals surface area contributed by atoms with E-state index in [9.17, 15) is 0 Å². The number of aromatic amines is 1. The first-order valence-electron chi connectivity index (χ1n) is 5.10. The summed E-state index contributed by atoms with van der Waals surface area (Å²) >= 11 is 0. The lowest BCUT2D eigenvalue weighted by Crippen LogP contribution is -2.09. The molecule has 0 amide bonds. The molecule has 76 valence electrons. The van der Waals surface area contributed by atoms with Gasteiger partial charge in [-0.2, -0.15) is 0 Å². The monoisotopic (exact) mass is 192 g/mol. The van der Waals surface area contributed by atoms with Crippen LogP contribution in [-0.4, -0.2) is 23.5 Å². The first-order valence-corrected chi connectivity index (χ1v) is 5.10. The molecule has 0 spiro atoms. The van der Waals surface area contributed by atoms with E-state index < -0.39 is 0 Å². The van der Waals surface area contributed by atoms with Crippen molar-refractivity contribution in [1.29, 1.82) is 0 Å². The van der Waals surface area contributed by atoms with Gasteiger partial charge in [-0.15, -0.1) is 0 Å². The Labute approximate surface area is 84.2 Å². The van der Waals surface area contributed by atoms with Gasteiger partial charge in [0.15, 0.2) is 0 Å². The molecule has 3 nitrogen and oxygen atoms in total. The number of aromatic nitrogens is 1. The van der Waals surface area contributed by atoms with Gasteiger partial charge in [-0.1, -0.05) is 13.8 Å². The van der Waals surface area contributed by atoms with Crippen LogP contribution in [0, 0.1) is 5.92 Å². The molecule has 0 saturated carbocycles. The smallest absolute Gasteiger partial charge is 0.233 e. The predicted molar refractivity (Wildman–Crippen MR) is 56.5 cm³/mol. The van der Waals surface area contributed by atoms with E-state index in [1.165, 1.54) is 0 Å². The normalized spacial score (nSPS) is 21.1. The molecule has 0 radical (unpaired) electrons. The van der Waals surface area contributed by atoms with Crippen molar-refractivity contribution in [3.05, 3.63) is 24.0 Å². The fraction of sp³-hybridized carbons (Fsp3) is 0.545. The van der Waals surface area contributed by atoms with Gasteiger partial charge in [0, 0.05) is 6.20 Å². The molecule has 0 saturated heterocycles. The van der Waals surface area contributed by atoms with Crippen LogP contribution in [0.15, 0.2) is 23.3 Å². The molecular weight excluding hydrogens is 176 g/mol. The van der Waals surface area contributed by atoms with Gasteiger partial charge in [-0.3, -0.25) is 0 Å². The van der Waals surface area contributed by atoms with Crippen LogP contribution >= 0.6 is 0 Å². The summed E-state index contributed by atoms with van der Waals surface area (Å²) in [5.41, 5.74) is 0.983. The number of hydrogen-bond acceptors (Lipinski definition) is 2. The molecule has 1 aliphatic heterocycles. The van der Waals surface area contributed by atoms with Crippen molar-refractivity contribution in [2.45, 2.75) is 26.3 Å². The summed E-state index contributed by atoms with van der Waals surface area (Å²) in [7, 11) is 0. The zero-order chi connectivity index (χ0) is 9.97. The standard InChI is InChI=1S/C11H16N2O/c1-8(2)6-9-7-14-11(13-9)10-4-3-5-12-10/h3-5,8-9,12H,6-7H2,1-2H3. The molecule has 0 bridgehead atoms. The van der Waals surface area contributed by atoms with E-state index in [1.807, 2.05) is 18.3 Å². The molecule has 1 atom stereocenters. The number of nitrogens with zero attached hydrogens (tertiary/aromatic N) is 1. The van der Waals surface area contributed by atoms with Gasteiger partial charge >= 0.3 is 0 Å². The molecule has 2 rings (SSSR count). The molecule has 0 aliphatic carbocycles. The van der Waals surface area contributed by atoms with Gasteiger partial charge in [0.05, 0.1) is 6.04 Å². The highest BCUT2D eigenvalue weighted by Crippen LogP contribution is 2.16. The highest BCUT2D eigenvalue weighted by atomic mass is 16.5. The molecule has 2 heterocycles. The van der Waals surface area contributed by atoms with Crippen molar-refractivity contribution >= 4 is 5.90 Å². The second-order valence-corrected chi connectivity index (χ2v) is 4.11. The summed E-state index contributed by atoms with van der Waals surface area (Å²) in [4.78, 5) is 7.63. The summed E-state index contributed by atoms with van der Waals surface area (Å²) in [5, 5.41) is 0. The average Bonchev–Trinajstić information content (AvgIpc) is 2.69. The lowest BCUT2D eigenvalue weighted by atomic mass is 10.1. The Bertz CT molecular complexity index is 314. The molecule has 14 heavy (non-hydrogen) atoms. The third-order valence-electron chi connectivity index (χ3n) is 2.28. The van der Waals surface area contributed by atoms with Gasteiger partial charge in [-0.05, 0) is 24.5 Å². The molecular formula is C11H16N2O. The van der Waals surface area contributed by atoms with Crippen molar-refractivity contribution in [3.63, 3.8) is 0 Å². The Morgan fingerprint density at radius 1 is 1.64 bits per heavy atom. The predicted octanol–water partition coefficient (Wildman–Crippen LogP) is 2.21. The summed E-state index contributed by atoms with van der Waals surface area (Å²) in [6, 6.07) is 4.28. The van der Waals surface area contributed by atoms with E-state index in [4.69, 9.17) is 4.74 Å². The second-order valence-electron chi connectivity index (χ2n) is 4.11. The van der Waals surface area contributed by atoms with E-state index >= 15 is 0 Å². The Morgan fingerprint density at radius 3 is 3.14 bits per heavy atom. The van der Waals surface area contributed by atoms with Crippen LogP contribution in [0.25, 0.3) is 0 Å². The first-order chi connectivity index (χ1) is 6.75. The Balaban J connectivity index is 2.03. The van der Waals surface area contributed by atoms with Crippen LogP contribution in [0.5, 0.6) is 0 Å². The van der Waals surface area contributed by atoms with E-state index in [1.54, 1.807) is 0 Å².